The van der Waals surface area contributed by atoms with Gasteiger partial charge >= 0.3 is 0 Å². The topological polar surface area (TPSA) is 55.6 Å². The van der Waals surface area contributed by atoms with Crippen LogP contribution in [0.15, 0.2) is 77.3 Å². The third kappa shape index (κ3) is 2.93. The van der Waals surface area contributed by atoms with Crippen molar-refractivity contribution in [1.29, 1.82) is 0 Å². The van der Waals surface area contributed by atoms with Crippen LogP contribution in [-0.4, -0.2) is 29.4 Å². The largest absolute Gasteiger partial charge is 0.493 e. The summed E-state index contributed by atoms with van der Waals surface area (Å²) in [5.41, 5.74) is 4.74. The molecule has 0 saturated carbocycles. The molecular weight excluding hydrogens is 400 g/mol. The molecule has 2 aromatic heterocycles. The van der Waals surface area contributed by atoms with E-state index in [0.717, 1.165) is 44.0 Å². The van der Waals surface area contributed by atoms with Crippen LogP contribution < -0.4 is 4.74 Å². The number of pyridine rings is 1. The Morgan fingerprint density at radius 2 is 1.94 bits per heavy atom. The molecule has 1 unspecified atom stereocenters. The first-order chi connectivity index (χ1) is 15.7. The Morgan fingerprint density at radius 3 is 2.84 bits per heavy atom. The summed E-state index contributed by atoms with van der Waals surface area (Å²) in [6, 6.07) is 22.2. The molecule has 5 aromatic rings. The Labute approximate surface area is 185 Å². The molecule has 5 heteroatoms. The summed E-state index contributed by atoms with van der Waals surface area (Å²) in [6.45, 7) is 1.23. The van der Waals surface area contributed by atoms with E-state index in [9.17, 15) is 4.79 Å². The lowest BCUT2D eigenvalue weighted by molar-refractivity contribution is -0.128. The fourth-order valence-corrected chi connectivity index (χ4v) is 4.96. The van der Waals surface area contributed by atoms with Crippen molar-refractivity contribution in [3.05, 3.63) is 84.1 Å². The Bertz CT molecular complexity index is 1480. The zero-order valence-electron chi connectivity index (χ0n) is 17.7. The van der Waals surface area contributed by atoms with Gasteiger partial charge in [0.25, 0.3) is 0 Å². The molecule has 32 heavy (non-hydrogen) atoms. The smallest absolute Gasteiger partial charge is 0.223 e. The van der Waals surface area contributed by atoms with Crippen LogP contribution in [0.3, 0.4) is 0 Å². The minimum absolute atomic E-state index is 0.0971. The van der Waals surface area contributed by atoms with Crippen LogP contribution in [0.1, 0.15) is 23.5 Å². The number of carbonyl (C=O) groups excluding carboxylic acids is 1. The Morgan fingerprint density at radius 1 is 1.06 bits per heavy atom. The van der Waals surface area contributed by atoms with Crippen molar-refractivity contribution in [3.63, 3.8) is 0 Å². The molecule has 0 radical (unpaired) electrons. The van der Waals surface area contributed by atoms with Crippen molar-refractivity contribution < 1.29 is 13.9 Å². The molecule has 0 bridgehead atoms. The van der Waals surface area contributed by atoms with Gasteiger partial charge in [0.1, 0.15) is 5.58 Å². The molecule has 3 heterocycles. The predicted molar refractivity (Wildman–Crippen MR) is 125 cm³/mol. The van der Waals surface area contributed by atoms with Crippen molar-refractivity contribution in [2.24, 2.45) is 0 Å². The first-order valence-corrected chi connectivity index (χ1v) is 10.8. The van der Waals surface area contributed by atoms with Crippen molar-refractivity contribution in [2.75, 3.05) is 13.7 Å². The predicted octanol–water partition coefficient (Wildman–Crippen LogP) is 5.66. The summed E-state index contributed by atoms with van der Waals surface area (Å²) in [4.78, 5) is 19.5. The van der Waals surface area contributed by atoms with E-state index in [2.05, 4.69) is 35.3 Å². The Kier molecular flexibility index (Phi) is 4.35. The van der Waals surface area contributed by atoms with Gasteiger partial charge in [-0.05, 0) is 29.3 Å². The zero-order valence-corrected chi connectivity index (χ0v) is 17.7. The fourth-order valence-electron chi connectivity index (χ4n) is 4.96. The third-order valence-electron chi connectivity index (χ3n) is 6.47. The number of para-hydroxylation sites is 2. The maximum absolute atomic E-state index is 13.0. The van der Waals surface area contributed by atoms with Gasteiger partial charge in [0, 0.05) is 47.8 Å². The lowest BCUT2D eigenvalue weighted by atomic mass is 9.93. The summed E-state index contributed by atoms with van der Waals surface area (Å²) in [5, 5.41) is 3.20. The zero-order chi connectivity index (χ0) is 21.7. The lowest BCUT2D eigenvalue weighted by Gasteiger charge is -2.18. The molecule has 1 fully saturated rings. The van der Waals surface area contributed by atoms with E-state index in [1.807, 2.05) is 41.3 Å². The molecule has 0 N–H and O–H groups in total. The number of carbonyl (C=O) groups is 1. The number of methoxy groups -OCH3 is 1. The van der Waals surface area contributed by atoms with E-state index in [-0.39, 0.29) is 11.8 Å². The van der Waals surface area contributed by atoms with E-state index in [1.54, 1.807) is 13.3 Å². The first kappa shape index (κ1) is 18.9. The van der Waals surface area contributed by atoms with Crippen LogP contribution in [0.2, 0.25) is 0 Å². The van der Waals surface area contributed by atoms with Crippen molar-refractivity contribution in [3.8, 4) is 5.75 Å². The van der Waals surface area contributed by atoms with Gasteiger partial charge in [0.2, 0.25) is 5.91 Å². The molecule has 1 amide bonds. The van der Waals surface area contributed by atoms with Crippen molar-refractivity contribution in [2.45, 2.75) is 18.9 Å². The number of nitrogens with zero attached hydrogens (tertiary/aromatic N) is 2. The third-order valence-corrected chi connectivity index (χ3v) is 6.47. The second-order valence-corrected chi connectivity index (χ2v) is 8.33. The standard InChI is InChI=1S/C27H22N2O3/c1-31-23-12-11-20(25-21-9-2-3-10-22(21)32-27(23)25)19-14-24(30)29(16-19)15-18-7-4-6-17-8-5-13-28-26(17)18/h2-13,19H,14-16H2,1H3. The maximum Gasteiger partial charge on any atom is 0.223 e. The lowest BCUT2D eigenvalue weighted by Crippen LogP contribution is -2.24. The van der Waals surface area contributed by atoms with E-state index < -0.39 is 0 Å². The molecule has 0 aliphatic carbocycles. The summed E-state index contributed by atoms with van der Waals surface area (Å²) in [6.07, 6.45) is 2.29. The van der Waals surface area contributed by atoms with Gasteiger partial charge in [-0.2, -0.15) is 0 Å². The first-order valence-electron chi connectivity index (χ1n) is 10.8. The SMILES string of the molecule is COc1ccc(C2CC(=O)N(Cc3cccc4cccnc34)C2)c2c1oc1ccccc12. The van der Waals surface area contributed by atoms with Crippen LogP contribution in [0.25, 0.3) is 32.8 Å². The van der Waals surface area contributed by atoms with E-state index >= 15 is 0 Å². The van der Waals surface area contributed by atoms with Crippen molar-refractivity contribution in [1.82, 2.24) is 9.88 Å². The normalized spacial score (nSPS) is 16.5. The molecule has 6 rings (SSSR count). The highest BCUT2D eigenvalue weighted by molar-refractivity contribution is 6.09. The van der Waals surface area contributed by atoms with Crippen LogP contribution in [0.4, 0.5) is 0 Å². The molecule has 1 aliphatic rings. The number of furan rings is 1. The fraction of sp³-hybridized carbons (Fsp3) is 0.185. The van der Waals surface area contributed by atoms with Gasteiger partial charge in [-0.3, -0.25) is 9.78 Å². The number of likely N-dealkylation sites (tertiary alicyclic amines) is 1. The Hall–Kier alpha value is -3.86. The number of fused-ring (bicyclic) bond motifs is 4. The highest BCUT2D eigenvalue weighted by Gasteiger charge is 2.33. The molecular formula is C27H22N2O3. The minimum atomic E-state index is 0.0971. The summed E-state index contributed by atoms with van der Waals surface area (Å²) in [7, 11) is 1.65. The van der Waals surface area contributed by atoms with Crippen LogP contribution in [0.5, 0.6) is 5.75 Å². The van der Waals surface area contributed by atoms with E-state index in [1.165, 1.54) is 0 Å². The number of ether oxygens (including phenoxy) is 1. The molecule has 5 nitrogen and oxygen atoms in total. The van der Waals surface area contributed by atoms with Gasteiger partial charge in [-0.15, -0.1) is 0 Å². The highest BCUT2D eigenvalue weighted by atomic mass is 16.5. The van der Waals surface area contributed by atoms with E-state index in [4.69, 9.17) is 9.15 Å². The maximum atomic E-state index is 13.0. The second-order valence-electron chi connectivity index (χ2n) is 8.33. The molecule has 3 aromatic carbocycles. The molecule has 1 saturated heterocycles. The van der Waals surface area contributed by atoms with Gasteiger partial charge in [0.05, 0.1) is 12.6 Å². The molecule has 0 spiro atoms. The Balaban J connectivity index is 1.38. The summed E-state index contributed by atoms with van der Waals surface area (Å²) < 4.78 is 11.7. The molecule has 1 aliphatic heterocycles. The summed E-state index contributed by atoms with van der Waals surface area (Å²) >= 11 is 0. The number of benzene rings is 3. The second kappa shape index (κ2) is 7.38. The number of rotatable bonds is 4. The van der Waals surface area contributed by atoms with Crippen molar-refractivity contribution >= 4 is 38.7 Å². The highest BCUT2D eigenvalue weighted by Crippen LogP contribution is 2.42. The van der Waals surface area contributed by atoms with Gasteiger partial charge < -0.3 is 14.1 Å². The van der Waals surface area contributed by atoms with Crippen LogP contribution >= 0.6 is 0 Å². The average Bonchev–Trinajstić information content (AvgIpc) is 3.39. The number of hydrogen-bond donors (Lipinski definition) is 0. The monoisotopic (exact) mass is 422 g/mol. The number of aromatic nitrogens is 1. The van der Waals surface area contributed by atoms with Gasteiger partial charge in [-0.25, -0.2) is 0 Å². The average molecular weight is 422 g/mol. The van der Waals surface area contributed by atoms with Crippen LogP contribution in [0, 0.1) is 0 Å². The van der Waals surface area contributed by atoms with Gasteiger partial charge in [0.15, 0.2) is 11.3 Å². The van der Waals surface area contributed by atoms with Gasteiger partial charge in [-0.1, -0.05) is 48.5 Å². The number of hydrogen-bond acceptors (Lipinski definition) is 4. The quantitative estimate of drug-likeness (QED) is 0.375. The molecule has 158 valence electrons. The number of amides is 1. The summed E-state index contributed by atoms with van der Waals surface area (Å²) in [5.74, 6) is 0.975. The van der Waals surface area contributed by atoms with Crippen LogP contribution in [-0.2, 0) is 11.3 Å². The van der Waals surface area contributed by atoms with E-state index in [0.29, 0.717) is 25.3 Å². The molecule has 1 atom stereocenters. The minimum Gasteiger partial charge on any atom is -0.493 e.